The number of aryl methyl sites for hydroxylation is 1. The molecule has 1 fully saturated rings. The lowest BCUT2D eigenvalue weighted by Gasteiger charge is -2.24. The Morgan fingerprint density at radius 2 is 2.03 bits per heavy atom. The Morgan fingerprint density at radius 1 is 1.31 bits per heavy atom. The summed E-state index contributed by atoms with van der Waals surface area (Å²) in [5.74, 6) is -0.0212. The van der Waals surface area contributed by atoms with Crippen LogP contribution < -0.4 is 16.8 Å². The van der Waals surface area contributed by atoms with Crippen molar-refractivity contribution in [2.45, 2.75) is 46.1 Å². The molecule has 1 aliphatic heterocycles. The van der Waals surface area contributed by atoms with Crippen molar-refractivity contribution in [3.05, 3.63) is 53.3 Å². The lowest BCUT2D eigenvalue weighted by atomic mass is 10.1. The lowest BCUT2D eigenvalue weighted by Crippen LogP contribution is -2.35. The minimum atomic E-state index is -0.528. The van der Waals surface area contributed by atoms with E-state index >= 15 is 0 Å². The zero-order valence-corrected chi connectivity index (χ0v) is 17.6. The molecule has 8 heteroatoms. The highest BCUT2D eigenvalue weighted by Gasteiger charge is 2.30. The number of nitrogens with two attached hydrogens (primary N) is 2. The number of amides is 2. The Labute approximate surface area is 172 Å². The van der Waals surface area contributed by atoms with E-state index in [-0.39, 0.29) is 30.2 Å². The van der Waals surface area contributed by atoms with Crippen molar-refractivity contribution < 1.29 is 14.3 Å². The lowest BCUT2D eigenvalue weighted by molar-refractivity contribution is -0.119. The van der Waals surface area contributed by atoms with Crippen LogP contribution in [0.3, 0.4) is 0 Å². The van der Waals surface area contributed by atoms with Gasteiger partial charge in [0.25, 0.3) is 0 Å². The van der Waals surface area contributed by atoms with Crippen LogP contribution >= 0.6 is 0 Å². The summed E-state index contributed by atoms with van der Waals surface area (Å²) in [6.45, 7) is 8.47. The third-order valence-electron chi connectivity index (χ3n) is 4.34. The fraction of sp³-hybridized carbons (Fsp3) is 0.476. The van der Waals surface area contributed by atoms with E-state index in [9.17, 15) is 9.59 Å². The molecule has 1 aliphatic rings. The molecule has 29 heavy (non-hydrogen) atoms. The monoisotopic (exact) mass is 401 g/mol. The van der Waals surface area contributed by atoms with Crippen LogP contribution in [0.4, 0.5) is 4.79 Å². The molecule has 8 nitrogen and oxygen atoms in total. The van der Waals surface area contributed by atoms with Crippen molar-refractivity contribution in [3.63, 3.8) is 0 Å². The van der Waals surface area contributed by atoms with E-state index in [0.717, 1.165) is 12.1 Å². The van der Waals surface area contributed by atoms with Crippen LogP contribution in [-0.2, 0) is 16.0 Å². The fourth-order valence-electron chi connectivity index (χ4n) is 2.96. The number of allylic oxidation sites excluding steroid dienone is 2. The van der Waals surface area contributed by atoms with E-state index in [1.165, 1.54) is 0 Å². The smallest absolute Gasteiger partial charge is 0.410 e. The van der Waals surface area contributed by atoms with Gasteiger partial charge in [-0.25, -0.2) is 4.79 Å². The predicted molar refractivity (Wildman–Crippen MR) is 111 cm³/mol. The van der Waals surface area contributed by atoms with Gasteiger partial charge in [-0.05, 0) is 58.4 Å². The number of pyridine rings is 1. The van der Waals surface area contributed by atoms with Crippen LogP contribution in [0.1, 0.15) is 38.6 Å². The molecule has 1 aromatic rings. The van der Waals surface area contributed by atoms with Crippen LogP contribution in [0.15, 0.2) is 41.9 Å². The maximum absolute atomic E-state index is 12.1. The summed E-state index contributed by atoms with van der Waals surface area (Å²) < 4.78 is 5.39. The summed E-state index contributed by atoms with van der Waals surface area (Å²) in [6, 6.07) is 5.52. The Morgan fingerprint density at radius 3 is 2.69 bits per heavy atom. The number of carbonyl (C=O) groups excluding carboxylic acids is 2. The molecule has 0 bridgehead atoms. The summed E-state index contributed by atoms with van der Waals surface area (Å²) in [5, 5.41) is 2.62. The number of nitrogens with one attached hydrogen (secondary N) is 1. The Hall–Kier alpha value is -3.03. The van der Waals surface area contributed by atoms with E-state index < -0.39 is 5.60 Å². The van der Waals surface area contributed by atoms with Crippen molar-refractivity contribution >= 4 is 12.0 Å². The fourth-order valence-corrected chi connectivity index (χ4v) is 2.96. The van der Waals surface area contributed by atoms with Gasteiger partial charge in [-0.15, -0.1) is 0 Å². The van der Waals surface area contributed by atoms with Gasteiger partial charge in [0, 0.05) is 36.1 Å². The molecule has 1 aromatic heterocycles. The summed E-state index contributed by atoms with van der Waals surface area (Å²) in [5.41, 5.74) is 13.6. The molecule has 0 saturated carbocycles. The molecule has 1 atom stereocenters. The number of likely N-dealkylation sites (tertiary alicyclic amines) is 1. The van der Waals surface area contributed by atoms with E-state index in [0.29, 0.717) is 24.5 Å². The number of carbonyl (C=O) groups is 2. The maximum atomic E-state index is 12.1. The first-order chi connectivity index (χ1) is 13.5. The second-order valence-corrected chi connectivity index (χ2v) is 8.20. The number of nitrogens with zero attached hydrogens (tertiary/aromatic N) is 2. The first kappa shape index (κ1) is 22.3. The Bertz CT molecular complexity index is 811. The number of hydrogen-bond acceptors (Lipinski definition) is 6. The Kier molecular flexibility index (Phi) is 7.25. The molecular weight excluding hydrogens is 370 g/mol. The van der Waals surface area contributed by atoms with Crippen LogP contribution in [0, 0.1) is 12.8 Å². The number of hydrogen-bond donors (Lipinski definition) is 3. The zero-order valence-electron chi connectivity index (χ0n) is 17.6. The van der Waals surface area contributed by atoms with Crippen molar-refractivity contribution in [1.82, 2.24) is 15.2 Å². The quantitative estimate of drug-likeness (QED) is 0.648. The summed E-state index contributed by atoms with van der Waals surface area (Å²) in [7, 11) is 0. The largest absolute Gasteiger partial charge is 0.444 e. The highest BCUT2D eigenvalue weighted by molar-refractivity contribution is 5.79. The maximum Gasteiger partial charge on any atom is 0.410 e. The average molecular weight is 402 g/mol. The second-order valence-electron chi connectivity index (χ2n) is 8.20. The van der Waals surface area contributed by atoms with E-state index in [4.69, 9.17) is 16.2 Å². The van der Waals surface area contributed by atoms with Gasteiger partial charge in [-0.2, -0.15) is 0 Å². The molecule has 1 unspecified atom stereocenters. The van der Waals surface area contributed by atoms with E-state index in [2.05, 4.69) is 10.3 Å². The molecule has 0 aliphatic carbocycles. The Balaban J connectivity index is 1.86. The zero-order chi connectivity index (χ0) is 21.6. The average Bonchev–Trinajstić information content (AvgIpc) is 3.08. The summed E-state index contributed by atoms with van der Waals surface area (Å²) in [4.78, 5) is 30.2. The van der Waals surface area contributed by atoms with Crippen molar-refractivity contribution in [2.24, 2.45) is 17.4 Å². The van der Waals surface area contributed by atoms with Gasteiger partial charge < -0.3 is 26.4 Å². The first-order valence-electron chi connectivity index (χ1n) is 9.66. The van der Waals surface area contributed by atoms with Crippen LogP contribution in [0.2, 0.25) is 0 Å². The van der Waals surface area contributed by atoms with Gasteiger partial charge in [-0.1, -0.05) is 6.07 Å². The molecule has 1 saturated heterocycles. The van der Waals surface area contributed by atoms with E-state index in [1.54, 1.807) is 23.1 Å². The topological polar surface area (TPSA) is 124 Å². The van der Waals surface area contributed by atoms with Crippen LogP contribution in [-0.4, -0.2) is 40.6 Å². The molecule has 0 spiro atoms. The van der Waals surface area contributed by atoms with Gasteiger partial charge in [0.05, 0.1) is 6.42 Å². The number of aromatic nitrogens is 1. The molecular formula is C21H31N5O3. The third-order valence-corrected chi connectivity index (χ3v) is 4.34. The van der Waals surface area contributed by atoms with Gasteiger partial charge in [0.15, 0.2) is 0 Å². The molecule has 2 heterocycles. The first-order valence-corrected chi connectivity index (χ1v) is 9.66. The molecule has 2 rings (SSSR count). The normalized spacial score (nSPS) is 17.9. The van der Waals surface area contributed by atoms with Gasteiger partial charge in [0.2, 0.25) is 5.91 Å². The minimum Gasteiger partial charge on any atom is -0.444 e. The standard InChI is InChI=1S/C21H31N5O3/c1-14-6-5-7-16(24-14)12-19(27)25-18(23)9-8-17(22)15-10-11-26(13-15)20(28)29-21(2,3)4/h5-9,15H,10-13,22-23H2,1-4H3,(H,25,27)/b17-8-,18-9+. The summed E-state index contributed by atoms with van der Waals surface area (Å²) >= 11 is 0. The number of rotatable bonds is 5. The van der Waals surface area contributed by atoms with Crippen molar-refractivity contribution in [2.75, 3.05) is 13.1 Å². The second kappa shape index (κ2) is 9.45. The highest BCUT2D eigenvalue weighted by Crippen LogP contribution is 2.23. The molecule has 158 valence electrons. The van der Waals surface area contributed by atoms with Gasteiger partial charge in [-0.3, -0.25) is 9.78 Å². The van der Waals surface area contributed by atoms with Crippen molar-refractivity contribution in [3.8, 4) is 0 Å². The molecule has 2 amide bonds. The van der Waals surface area contributed by atoms with Crippen molar-refractivity contribution in [1.29, 1.82) is 0 Å². The minimum absolute atomic E-state index is 0.0266. The van der Waals surface area contributed by atoms with Crippen LogP contribution in [0.5, 0.6) is 0 Å². The van der Waals surface area contributed by atoms with E-state index in [1.807, 2.05) is 39.8 Å². The highest BCUT2D eigenvalue weighted by atomic mass is 16.6. The SMILES string of the molecule is Cc1cccc(CC(=O)N/C(N)=C/C=C(\N)C2CCN(C(=O)OC(C)(C)C)C2)n1. The van der Waals surface area contributed by atoms with Crippen LogP contribution in [0.25, 0.3) is 0 Å². The van der Waals surface area contributed by atoms with Gasteiger partial charge >= 0.3 is 6.09 Å². The van der Waals surface area contributed by atoms with Gasteiger partial charge in [0.1, 0.15) is 11.4 Å². The molecule has 5 N–H and O–H groups in total. The molecule has 0 radical (unpaired) electrons. The predicted octanol–water partition coefficient (Wildman–Crippen LogP) is 1.95. The number of ether oxygens (including phenoxy) is 1. The third kappa shape index (κ3) is 7.48. The summed E-state index contributed by atoms with van der Waals surface area (Å²) in [6.07, 6.45) is 3.79. The molecule has 0 aromatic carbocycles.